The summed E-state index contributed by atoms with van der Waals surface area (Å²) in [6, 6.07) is -0.303. The van der Waals surface area contributed by atoms with Gasteiger partial charge in [0, 0.05) is 13.0 Å². The second-order valence-corrected chi connectivity index (χ2v) is 4.81. The second-order valence-electron chi connectivity index (χ2n) is 4.81. The van der Waals surface area contributed by atoms with Crippen LogP contribution in [0.15, 0.2) is 11.6 Å². The molecule has 0 aromatic heterocycles. The Balaban J connectivity index is 1.66. The topological polar surface area (TPSA) is 58.2 Å². The van der Waals surface area contributed by atoms with E-state index in [2.05, 4.69) is 16.7 Å². The highest BCUT2D eigenvalue weighted by Crippen LogP contribution is 2.19. The third-order valence-electron chi connectivity index (χ3n) is 3.44. The molecule has 94 valence electrons. The zero-order valence-corrected chi connectivity index (χ0v) is 10.1. The lowest BCUT2D eigenvalue weighted by Crippen LogP contribution is -2.41. The number of hydrogen-bond acceptors (Lipinski definition) is 2. The number of rotatable bonds is 4. The van der Waals surface area contributed by atoms with Crippen LogP contribution in [0.4, 0.5) is 0 Å². The summed E-state index contributed by atoms with van der Waals surface area (Å²) in [6.45, 7) is 0.692. The Morgan fingerprint density at radius 1 is 1.41 bits per heavy atom. The van der Waals surface area contributed by atoms with E-state index >= 15 is 0 Å². The Kier molecular flexibility index (Phi) is 4.18. The van der Waals surface area contributed by atoms with Gasteiger partial charge in [-0.1, -0.05) is 11.6 Å². The molecule has 0 aromatic rings. The molecule has 17 heavy (non-hydrogen) atoms. The average molecular weight is 236 g/mol. The molecule has 4 nitrogen and oxygen atoms in total. The molecule has 4 heteroatoms. The molecule has 2 rings (SSSR count). The van der Waals surface area contributed by atoms with Crippen molar-refractivity contribution < 1.29 is 9.59 Å². The van der Waals surface area contributed by atoms with Gasteiger partial charge < -0.3 is 10.6 Å². The number of carbonyl (C=O) groups is 2. The van der Waals surface area contributed by atoms with E-state index in [1.165, 1.54) is 31.3 Å². The molecule has 2 amide bonds. The smallest absolute Gasteiger partial charge is 0.242 e. The molecular formula is C13H20N2O2. The molecule has 0 unspecified atom stereocenters. The fourth-order valence-electron chi connectivity index (χ4n) is 2.41. The van der Waals surface area contributed by atoms with Gasteiger partial charge >= 0.3 is 0 Å². The van der Waals surface area contributed by atoms with Gasteiger partial charge in [-0.3, -0.25) is 9.59 Å². The summed E-state index contributed by atoms with van der Waals surface area (Å²) < 4.78 is 0. The molecule has 2 N–H and O–H groups in total. The number of allylic oxidation sites excluding steroid dienone is 1. The number of amides is 2. The van der Waals surface area contributed by atoms with Crippen molar-refractivity contribution in [1.82, 2.24) is 10.6 Å². The predicted octanol–water partition coefficient (Wildman–Crippen LogP) is 1.27. The van der Waals surface area contributed by atoms with Crippen LogP contribution in [0.5, 0.6) is 0 Å². The molecule has 1 aliphatic carbocycles. The number of nitrogens with one attached hydrogen (secondary N) is 2. The van der Waals surface area contributed by atoms with Crippen LogP contribution in [-0.4, -0.2) is 24.4 Å². The molecule has 1 heterocycles. The highest BCUT2D eigenvalue weighted by Gasteiger charge is 2.26. The van der Waals surface area contributed by atoms with Crippen LogP contribution in [0, 0.1) is 0 Å². The molecule has 0 spiro atoms. The standard InChI is InChI=1S/C13H20N2O2/c16-12-7-6-11(15-12)13(17)14-9-8-10-4-2-1-3-5-10/h4,11H,1-3,5-9H2,(H,14,17)(H,15,16)/t11-/m1/s1. The van der Waals surface area contributed by atoms with Gasteiger partial charge in [-0.2, -0.15) is 0 Å². The van der Waals surface area contributed by atoms with Crippen molar-refractivity contribution in [3.8, 4) is 0 Å². The third kappa shape index (κ3) is 3.58. The van der Waals surface area contributed by atoms with E-state index in [-0.39, 0.29) is 17.9 Å². The molecule has 0 aromatic carbocycles. The minimum absolute atomic E-state index is 0.0138. The van der Waals surface area contributed by atoms with Gasteiger partial charge in [-0.25, -0.2) is 0 Å². The maximum absolute atomic E-state index is 11.7. The van der Waals surface area contributed by atoms with Crippen LogP contribution in [0.25, 0.3) is 0 Å². The van der Waals surface area contributed by atoms with Crippen LogP contribution < -0.4 is 10.6 Å². The highest BCUT2D eigenvalue weighted by atomic mass is 16.2. The summed E-state index contributed by atoms with van der Waals surface area (Å²) in [6.07, 6.45) is 9.29. The molecule has 0 radical (unpaired) electrons. The number of hydrogen-bond donors (Lipinski definition) is 2. The zero-order valence-electron chi connectivity index (χ0n) is 10.1. The van der Waals surface area contributed by atoms with Crippen molar-refractivity contribution in [2.45, 2.75) is 51.0 Å². The molecular weight excluding hydrogens is 216 g/mol. The molecule has 1 saturated heterocycles. The van der Waals surface area contributed by atoms with Gasteiger partial charge in [-0.05, 0) is 38.5 Å². The second kappa shape index (κ2) is 5.84. The van der Waals surface area contributed by atoms with E-state index in [0.717, 1.165) is 6.42 Å². The summed E-state index contributed by atoms with van der Waals surface area (Å²) >= 11 is 0. The van der Waals surface area contributed by atoms with Gasteiger partial charge in [0.25, 0.3) is 0 Å². The van der Waals surface area contributed by atoms with Crippen LogP contribution in [0.1, 0.15) is 44.9 Å². The first kappa shape index (κ1) is 12.1. The summed E-state index contributed by atoms with van der Waals surface area (Å²) in [5.74, 6) is -0.0487. The summed E-state index contributed by atoms with van der Waals surface area (Å²) in [7, 11) is 0. The maximum Gasteiger partial charge on any atom is 0.242 e. The SMILES string of the molecule is O=C1CC[C@H](C(=O)NCCC2=CCCCC2)N1. The minimum Gasteiger partial charge on any atom is -0.354 e. The average Bonchev–Trinajstić information content (AvgIpc) is 2.77. The van der Waals surface area contributed by atoms with Crippen LogP contribution in [0.3, 0.4) is 0 Å². The monoisotopic (exact) mass is 236 g/mol. The van der Waals surface area contributed by atoms with E-state index < -0.39 is 0 Å². The quantitative estimate of drug-likeness (QED) is 0.722. The van der Waals surface area contributed by atoms with E-state index in [1.807, 2.05) is 0 Å². The van der Waals surface area contributed by atoms with Crippen molar-refractivity contribution in [3.05, 3.63) is 11.6 Å². The van der Waals surface area contributed by atoms with Gasteiger partial charge in [0.15, 0.2) is 0 Å². The van der Waals surface area contributed by atoms with Crippen LogP contribution >= 0.6 is 0 Å². The van der Waals surface area contributed by atoms with E-state index in [9.17, 15) is 9.59 Å². The lowest BCUT2D eigenvalue weighted by molar-refractivity contribution is -0.125. The first-order chi connectivity index (χ1) is 8.25. The Hall–Kier alpha value is -1.32. The van der Waals surface area contributed by atoms with Crippen molar-refractivity contribution >= 4 is 11.8 Å². The molecule has 1 atom stereocenters. The van der Waals surface area contributed by atoms with E-state index in [0.29, 0.717) is 19.4 Å². The zero-order chi connectivity index (χ0) is 12.1. The summed E-state index contributed by atoms with van der Waals surface area (Å²) in [5, 5.41) is 5.57. The predicted molar refractivity (Wildman–Crippen MR) is 65.3 cm³/mol. The normalized spacial score (nSPS) is 24.1. The van der Waals surface area contributed by atoms with Crippen molar-refractivity contribution in [3.63, 3.8) is 0 Å². The van der Waals surface area contributed by atoms with Crippen LogP contribution in [0.2, 0.25) is 0 Å². The van der Waals surface area contributed by atoms with Gasteiger partial charge in [0.2, 0.25) is 11.8 Å². The largest absolute Gasteiger partial charge is 0.354 e. The molecule has 0 bridgehead atoms. The summed E-state index contributed by atoms with van der Waals surface area (Å²) in [4.78, 5) is 22.7. The van der Waals surface area contributed by atoms with Gasteiger partial charge in [0.05, 0.1) is 0 Å². The minimum atomic E-state index is -0.303. The maximum atomic E-state index is 11.7. The third-order valence-corrected chi connectivity index (χ3v) is 3.44. The van der Waals surface area contributed by atoms with Crippen molar-refractivity contribution in [1.29, 1.82) is 0 Å². The van der Waals surface area contributed by atoms with Gasteiger partial charge in [-0.15, -0.1) is 0 Å². The fourth-order valence-corrected chi connectivity index (χ4v) is 2.41. The summed E-state index contributed by atoms with van der Waals surface area (Å²) in [5.41, 5.74) is 1.46. The number of carbonyl (C=O) groups excluding carboxylic acids is 2. The lowest BCUT2D eigenvalue weighted by Gasteiger charge is -2.14. The van der Waals surface area contributed by atoms with Crippen LogP contribution in [-0.2, 0) is 9.59 Å². The highest BCUT2D eigenvalue weighted by molar-refractivity contribution is 5.90. The van der Waals surface area contributed by atoms with Crippen molar-refractivity contribution in [2.75, 3.05) is 6.54 Å². The molecule has 1 aliphatic heterocycles. The Morgan fingerprint density at radius 2 is 2.29 bits per heavy atom. The van der Waals surface area contributed by atoms with Crippen molar-refractivity contribution in [2.24, 2.45) is 0 Å². The fraction of sp³-hybridized carbons (Fsp3) is 0.692. The lowest BCUT2D eigenvalue weighted by atomic mass is 9.97. The van der Waals surface area contributed by atoms with E-state index in [4.69, 9.17) is 0 Å². The Bertz CT molecular complexity index is 336. The molecule has 1 fully saturated rings. The Labute approximate surface area is 102 Å². The van der Waals surface area contributed by atoms with E-state index in [1.54, 1.807) is 0 Å². The first-order valence-corrected chi connectivity index (χ1v) is 6.50. The molecule has 2 aliphatic rings. The Morgan fingerprint density at radius 3 is 2.94 bits per heavy atom. The van der Waals surface area contributed by atoms with Gasteiger partial charge in [0.1, 0.15) is 6.04 Å². The first-order valence-electron chi connectivity index (χ1n) is 6.50. The molecule has 0 saturated carbocycles.